The van der Waals surface area contributed by atoms with Crippen molar-refractivity contribution < 1.29 is 14.3 Å². The number of hydrogen-bond donors (Lipinski definition) is 0. The number of benzene rings is 1. The van der Waals surface area contributed by atoms with Crippen LogP contribution >= 0.6 is 0 Å². The molecule has 5 heteroatoms. The summed E-state index contributed by atoms with van der Waals surface area (Å²) >= 11 is 0. The first-order chi connectivity index (χ1) is 9.01. The molecule has 0 heterocycles. The molecular weight excluding hydrogens is 244 g/mol. The Balaban J connectivity index is 2.97. The summed E-state index contributed by atoms with van der Waals surface area (Å²) in [7, 11) is 8.82. The van der Waals surface area contributed by atoms with Gasteiger partial charge in [-0.1, -0.05) is 6.07 Å². The minimum Gasteiger partial charge on any atom is -0.496 e. The van der Waals surface area contributed by atoms with Crippen LogP contribution in [0.2, 0.25) is 0 Å². The van der Waals surface area contributed by atoms with Crippen molar-refractivity contribution in [3.8, 4) is 11.5 Å². The van der Waals surface area contributed by atoms with Gasteiger partial charge in [0.25, 0.3) is 5.91 Å². The molecule has 0 aromatic heterocycles. The number of rotatable bonds is 6. The molecule has 0 radical (unpaired) electrons. The summed E-state index contributed by atoms with van der Waals surface area (Å²) in [6, 6.07) is 5.32. The molecule has 0 saturated carbocycles. The Hall–Kier alpha value is -1.75. The van der Waals surface area contributed by atoms with Crippen molar-refractivity contribution in [1.29, 1.82) is 0 Å². The number of amides is 1. The molecule has 106 valence electrons. The van der Waals surface area contributed by atoms with Crippen LogP contribution in [-0.4, -0.2) is 64.2 Å². The van der Waals surface area contributed by atoms with E-state index >= 15 is 0 Å². The molecule has 1 rings (SSSR count). The summed E-state index contributed by atoms with van der Waals surface area (Å²) in [6.45, 7) is 1.45. The van der Waals surface area contributed by atoms with Gasteiger partial charge in [0, 0.05) is 20.1 Å². The molecule has 0 aliphatic carbocycles. The maximum Gasteiger partial charge on any atom is 0.261 e. The Morgan fingerprint density at radius 2 is 1.58 bits per heavy atom. The highest BCUT2D eigenvalue weighted by molar-refractivity contribution is 5.99. The third-order valence-corrected chi connectivity index (χ3v) is 2.87. The minimum atomic E-state index is -0.101. The molecule has 0 saturated heterocycles. The third kappa shape index (κ3) is 3.86. The number of methoxy groups -OCH3 is 2. The van der Waals surface area contributed by atoms with Gasteiger partial charge in [0.2, 0.25) is 0 Å². The monoisotopic (exact) mass is 266 g/mol. The topological polar surface area (TPSA) is 42.0 Å². The normalized spacial score (nSPS) is 10.4. The van der Waals surface area contributed by atoms with Gasteiger partial charge < -0.3 is 19.3 Å². The van der Waals surface area contributed by atoms with Crippen LogP contribution in [0.5, 0.6) is 11.5 Å². The zero-order valence-corrected chi connectivity index (χ0v) is 12.3. The summed E-state index contributed by atoms with van der Waals surface area (Å²) in [5.74, 6) is 0.957. The summed E-state index contributed by atoms with van der Waals surface area (Å²) in [6.07, 6.45) is 0. The fourth-order valence-electron chi connectivity index (χ4n) is 1.70. The molecule has 0 fully saturated rings. The number of likely N-dealkylation sites (N-methyl/N-ethyl adjacent to an activating group) is 2. The quantitative estimate of drug-likeness (QED) is 0.779. The van der Waals surface area contributed by atoms with E-state index in [1.807, 2.05) is 19.0 Å². The van der Waals surface area contributed by atoms with Crippen molar-refractivity contribution in [3.05, 3.63) is 23.8 Å². The van der Waals surface area contributed by atoms with E-state index in [-0.39, 0.29) is 5.91 Å². The largest absolute Gasteiger partial charge is 0.496 e. The minimum absolute atomic E-state index is 0.101. The van der Waals surface area contributed by atoms with Crippen LogP contribution in [0.3, 0.4) is 0 Å². The summed E-state index contributed by atoms with van der Waals surface area (Å²) in [5.41, 5.74) is 0.466. The molecule has 1 amide bonds. The average Bonchev–Trinajstić information content (AvgIpc) is 2.42. The number of hydrogen-bond acceptors (Lipinski definition) is 4. The smallest absolute Gasteiger partial charge is 0.261 e. The molecule has 0 unspecified atom stereocenters. The lowest BCUT2D eigenvalue weighted by atomic mass is 10.1. The maximum atomic E-state index is 12.5. The van der Waals surface area contributed by atoms with Crippen LogP contribution in [0.1, 0.15) is 10.4 Å². The molecule has 19 heavy (non-hydrogen) atoms. The highest BCUT2D eigenvalue weighted by atomic mass is 16.5. The fourth-order valence-corrected chi connectivity index (χ4v) is 1.70. The van der Waals surface area contributed by atoms with E-state index in [0.29, 0.717) is 23.6 Å². The molecule has 0 bridgehead atoms. The van der Waals surface area contributed by atoms with Crippen molar-refractivity contribution >= 4 is 5.91 Å². The zero-order valence-electron chi connectivity index (χ0n) is 12.3. The standard InChI is InChI=1S/C14H22N2O3/c1-15(2)9-10-16(3)14(17)13-11(18-4)7-6-8-12(13)19-5/h6-8H,9-10H2,1-5H3. The Morgan fingerprint density at radius 3 is 2.00 bits per heavy atom. The Kier molecular flexibility index (Phi) is 5.63. The van der Waals surface area contributed by atoms with E-state index in [9.17, 15) is 4.79 Å². The van der Waals surface area contributed by atoms with Gasteiger partial charge in [0.1, 0.15) is 17.1 Å². The van der Waals surface area contributed by atoms with Gasteiger partial charge in [0.05, 0.1) is 14.2 Å². The highest BCUT2D eigenvalue weighted by Crippen LogP contribution is 2.29. The third-order valence-electron chi connectivity index (χ3n) is 2.87. The van der Waals surface area contributed by atoms with Gasteiger partial charge in [-0.3, -0.25) is 4.79 Å². The second-order valence-corrected chi connectivity index (χ2v) is 4.57. The molecule has 0 aliphatic rings. The molecule has 0 N–H and O–H groups in total. The van der Waals surface area contributed by atoms with Crippen LogP contribution in [0.15, 0.2) is 18.2 Å². The van der Waals surface area contributed by atoms with Gasteiger partial charge >= 0.3 is 0 Å². The van der Waals surface area contributed by atoms with Crippen LogP contribution in [-0.2, 0) is 0 Å². The lowest BCUT2D eigenvalue weighted by Crippen LogP contribution is -2.33. The zero-order chi connectivity index (χ0) is 14.4. The molecule has 1 aromatic rings. The molecule has 0 spiro atoms. The molecule has 5 nitrogen and oxygen atoms in total. The van der Waals surface area contributed by atoms with Gasteiger partial charge in [-0.25, -0.2) is 0 Å². The Labute approximate surface area is 114 Å². The second-order valence-electron chi connectivity index (χ2n) is 4.57. The molecular formula is C14H22N2O3. The number of carbonyl (C=O) groups excluding carboxylic acids is 1. The van der Waals surface area contributed by atoms with Gasteiger partial charge in [-0.15, -0.1) is 0 Å². The highest BCUT2D eigenvalue weighted by Gasteiger charge is 2.21. The van der Waals surface area contributed by atoms with Crippen molar-refractivity contribution in [1.82, 2.24) is 9.80 Å². The fraction of sp³-hybridized carbons (Fsp3) is 0.500. The van der Waals surface area contributed by atoms with Crippen LogP contribution in [0.25, 0.3) is 0 Å². The Bertz CT molecular complexity index is 410. The maximum absolute atomic E-state index is 12.5. The van der Waals surface area contributed by atoms with Crippen LogP contribution in [0.4, 0.5) is 0 Å². The van der Waals surface area contributed by atoms with E-state index < -0.39 is 0 Å². The van der Waals surface area contributed by atoms with Crippen molar-refractivity contribution in [2.45, 2.75) is 0 Å². The lowest BCUT2D eigenvalue weighted by Gasteiger charge is -2.21. The number of carbonyl (C=O) groups is 1. The average molecular weight is 266 g/mol. The van der Waals surface area contributed by atoms with Crippen molar-refractivity contribution in [2.24, 2.45) is 0 Å². The van der Waals surface area contributed by atoms with Gasteiger partial charge in [-0.2, -0.15) is 0 Å². The van der Waals surface area contributed by atoms with E-state index in [2.05, 4.69) is 0 Å². The van der Waals surface area contributed by atoms with Crippen LogP contribution < -0.4 is 9.47 Å². The summed E-state index contributed by atoms with van der Waals surface area (Å²) < 4.78 is 10.5. The lowest BCUT2D eigenvalue weighted by molar-refractivity contribution is 0.0779. The van der Waals surface area contributed by atoms with E-state index in [1.54, 1.807) is 44.4 Å². The first-order valence-electron chi connectivity index (χ1n) is 6.12. The number of ether oxygens (including phenoxy) is 2. The molecule has 0 aliphatic heterocycles. The predicted molar refractivity (Wildman–Crippen MR) is 75.1 cm³/mol. The summed E-state index contributed by atoms with van der Waals surface area (Å²) in [4.78, 5) is 16.2. The SMILES string of the molecule is COc1cccc(OC)c1C(=O)N(C)CCN(C)C. The summed E-state index contributed by atoms with van der Waals surface area (Å²) in [5, 5.41) is 0. The first kappa shape index (κ1) is 15.3. The first-order valence-corrected chi connectivity index (χ1v) is 6.12. The van der Waals surface area contributed by atoms with E-state index in [1.165, 1.54) is 0 Å². The molecule has 1 aromatic carbocycles. The number of nitrogens with zero attached hydrogens (tertiary/aromatic N) is 2. The Morgan fingerprint density at radius 1 is 1.05 bits per heavy atom. The van der Waals surface area contributed by atoms with Crippen molar-refractivity contribution in [3.63, 3.8) is 0 Å². The van der Waals surface area contributed by atoms with Crippen molar-refractivity contribution in [2.75, 3.05) is 48.5 Å². The van der Waals surface area contributed by atoms with Gasteiger partial charge in [-0.05, 0) is 26.2 Å². The van der Waals surface area contributed by atoms with E-state index in [4.69, 9.17) is 9.47 Å². The van der Waals surface area contributed by atoms with Crippen LogP contribution in [0, 0.1) is 0 Å². The predicted octanol–water partition coefficient (Wildman–Crippen LogP) is 1.34. The van der Waals surface area contributed by atoms with E-state index in [0.717, 1.165) is 6.54 Å². The second kappa shape index (κ2) is 6.99. The molecule has 0 atom stereocenters. The van der Waals surface area contributed by atoms with Gasteiger partial charge in [0.15, 0.2) is 0 Å².